The Hall–Kier alpha value is -2.34. The van der Waals surface area contributed by atoms with E-state index in [2.05, 4.69) is 22.8 Å². The fraction of sp³-hybridized carbons (Fsp3) is 0.263. The third kappa shape index (κ3) is 4.60. The number of carbonyl (C=O) groups is 2. The highest BCUT2D eigenvalue weighted by atomic mass is 32.2. The van der Waals surface area contributed by atoms with Crippen LogP contribution in [0.2, 0.25) is 0 Å². The van der Waals surface area contributed by atoms with Crippen molar-refractivity contribution in [3.8, 4) is 0 Å². The van der Waals surface area contributed by atoms with Crippen molar-refractivity contribution in [2.24, 2.45) is 0 Å². The van der Waals surface area contributed by atoms with Crippen LogP contribution in [-0.2, 0) is 15.3 Å². The standard InChI is InChI=1S/C19H19FN2O2S/c20-14-6-7-17-15(10-14)16(11-18(23)22-17)19(24)21-8-9-25-12-13-4-2-1-3-5-13/h1-7,10,16H,8-9,11-12H2,(H,21,24)(H,22,23)/t16-/m1/s1. The first-order valence-electron chi connectivity index (χ1n) is 8.12. The van der Waals surface area contributed by atoms with E-state index in [4.69, 9.17) is 0 Å². The molecule has 0 unspecified atom stereocenters. The van der Waals surface area contributed by atoms with Crippen molar-refractivity contribution >= 4 is 29.3 Å². The average molecular weight is 358 g/mol. The van der Waals surface area contributed by atoms with Gasteiger partial charge >= 0.3 is 0 Å². The Labute approximate surface area is 150 Å². The van der Waals surface area contributed by atoms with E-state index in [-0.39, 0.29) is 18.2 Å². The van der Waals surface area contributed by atoms with E-state index in [1.807, 2.05) is 18.2 Å². The van der Waals surface area contributed by atoms with Gasteiger partial charge < -0.3 is 10.6 Å². The molecule has 4 nitrogen and oxygen atoms in total. The third-order valence-electron chi connectivity index (χ3n) is 4.03. The first-order valence-corrected chi connectivity index (χ1v) is 9.27. The average Bonchev–Trinajstić information content (AvgIpc) is 2.62. The number of hydrogen-bond acceptors (Lipinski definition) is 3. The minimum atomic E-state index is -0.640. The summed E-state index contributed by atoms with van der Waals surface area (Å²) in [5.74, 6) is 0.149. The summed E-state index contributed by atoms with van der Waals surface area (Å²) in [5, 5.41) is 5.53. The van der Waals surface area contributed by atoms with Gasteiger partial charge in [0.1, 0.15) is 5.82 Å². The van der Waals surface area contributed by atoms with Crippen LogP contribution in [-0.4, -0.2) is 24.1 Å². The molecule has 1 heterocycles. The van der Waals surface area contributed by atoms with Crippen LogP contribution in [0.1, 0.15) is 23.5 Å². The maximum Gasteiger partial charge on any atom is 0.228 e. The quantitative estimate of drug-likeness (QED) is 0.779. The monoisotopic (exact) mass is 358 g/mol. The zero-order valence-corrected chi connectivity index (χ0v) is 14.4. The Balaban J connectivity index is 1.51. The van der Waals surface area contributed by atoms with Crippen molar-refractivity contribution in [3.63, 3.8) is 0 Å². The molecule has 6 heteroatoms. The zero-order chi connectivity index (χ0) is 17.6. The van der Waals surface area contributed by atoms with Gasteiger partial charge in [-0.15, -0.1) is 0 Å². The van der Waals surface area contributed by atoms with Gasteiger partial charge in [-0.2, -0.15) is 11.8 Å². The highest BCUT2D eigenvalue weighted by Crippen LogP contribution is 2.32. The largest absolute Gasteiger partial charge is 0.355 e. The number of nitrogens with one attached hydrogen (secondary N) is 2. The molecule has 130 valence electrons. The lowest BCUT2D eigenvalue weighted by atomic mass is 9.89. The van der Waals surface area contributed by atoms with E-state index in [0.29, 0.717) is 17.8 Å². The van der Waals surface area contributed by atoms with Crippen molar-refractivity contribution < 1.29 is 14.0 Å². The predicted molar refractivity (Wildman–Crippen MR) is 98.0 cm³/mol. The normalized spacial score (nSPS) is 16.0. The number of hydrogen-bond donors (Lipinski definition) is 2. The Bertz CT molecular complexity index is 767. The highest BCUT2D eigenvalue weighted by molar-refractivity contribution is 7.98. The van der Waals surface area contributed by atoms with Gasteiger partial charge in [0.2, 0.25) is 11.8 Å². The van der Waals surface area contributed by atoms with Gasteiger partial charge in [-0.3, -0.25) is 9.59 Å². The molecule has 1 aliphatic heterocycles. The van der Waals surface area contributed by atoms with Crippen molar-refractivity contribution in [1.82, 2.24) is 5.32 Å². The summed E-state index contributed by atoms with van der Waals surface area (Å²) in [4.78, 5) is 24.2. The maximum absolute atomic E-state index is 13.5. The van der Waals surface area contributed by atoms with Crippen molar-refractivity contribution in [2.75, 3.05) is 17.6 Å². The van der Waals surface area contributed by atoms with Crippen molar-refractivity contribution in [2.45, 2.75) is 18.1 Å². The molecule has 0 aromatic heterocycles. The second kappa shape index (κ2) is 8.16. The Morgan fingerprint density at radius 3 is 2.84 bits per heavy atom. The van der Waals surface area contributed by atoms with Crippen LogP contribution in [0, 0.1) is 5.82 Å². The number of halogens is 1. The third-order valence-corrected chi connectivity index (χ3v) is 5.06. The smallest absolute Gasteiger partial charge is 0.228 e. The number of amides is 2. The molecule has 1 aliphatic rings. The minimum Gasteiger partial charge on any atom is -0.355 e. The molecule has 0 bridgehead atoms. The first-order chi connectivity index (χ1) is 12.1. The molecular weight excluding hydrogens is 339 g/mol. The van der Waals surface area contributed by atoms with Crippen LogP contribution in [0.3, 0.4) is 0 Å². The lowest BCUT2D eigenvalue weighted by Crippen LogP contribution is -2.36. The highest BCUT2D eigenvalue weighted by Gasteiger charge is 2.30. The number of fused-ring (bicyclic) bond motifs is 1. The molecule has 2 N–H and O–H groups in total. The summed E-state index contributed by atoms with van der Waals surface area (Å²) < 4.78 is 13.5. The fourth-order valence-corrected chi connectivity index (χ4v) is 3.62. The van der Waals surface area contributed by atoms with Gasteiger partial charge in [-0.1, -0.05) is 30.3 Å². The molecule has 25 heavy (non-hydrogen) atoms. The number of thioether (sulfide) groups is 1. The second-order valence-electron chi connectivity index (χ2n) is 5.87. The van der Waals surface area contributed by atoms with Crippen LogP contribution in [0.5, 0.6) is 0 Å². The maximum atomic E-state index is 13.5. The topological polar surface area (TPSA) is 58.2 Å². The van der Waals surface area contributed by atoms with Gasteiger partial charge in [0.25, 0.3) is 0 Å². The van der Waals surface area contributed by atoms with Gasteiger partial charge in [-0.25, -0.2) is 4.39 Å². The lowest BCUT2D eigenvalue weighted by Gasteiger charge is -2.24. The lowest BCUT2D eigenvalue weighted by molar-refractivity contribution is -0.126. The molecule has 0 saturated heterocycles. The molecular formula is C19H19FN2O2S. The molecule has 0 saturated carbocycles. The summed E-state index contributed by atoms with van der Waals surface area (Å²) in [6.07, 6.45) is 0.0411. The van der Waals surface area contributed by atoms with E-state index < -0.39 is 11.7 Å². The van der Waals surface area contributed by atoms with E-state index in [9.17, 15) is 14.0 Å². The molecule has 2 aromatic rings. The van der Waals surface area contributed by atoms with Crippen LogP contribution < -0.4 is 10.6 Å². The van der Waals surface area contributed by atoms with Crippen LogP contribution >= 0.6 is 11.8 Å². The minimum absolute atomic E-state index is 0.0411. The summed E-state index contributed by atoms with van der Waals surface area (Å²) in [5.41, 5.74) is 2.29. The SMILES string of the molecule is O=C1C[C@@H](C(=O)NCCSCc2ccccc2)c2cc(F)ccc2N1. The predicted octanol–water partition coefficient (Wildman–Crippen LogP) is 3.30. The molecule has 2 aromatic carbocycles. The number of rotatable bonds is 6. The second-order valence-corrected chi connectivity index (χ2v) is 6.97. The van der Waals surface area contributed by atoms with Crippen molar-refractivity contribution in [1.29, 1.82) is 0 Å². The van der Waals surface area contributed by atoms with Gasteiger partial charge in [-0.05, 0) is 29.3 Å². The van der Waals surface area contributed by atoms with Gasteiger partial charge in [0.05, 0.1) is 5.92 Å². The molecule has 2 amide bonds. The summed E-state index contributed by atoms with van der Waals surface area (Å²) in [6.45, 7) is 0.513. The molecule has 0 aliphatic carbocycles. The number of benzene rings is 2. The molecule has 3 rings (SSSR count). The molecule has 0 spiro atoms. The number of carbonyl (C=O) groups excluding carboxylic acids is 2. The van der Waals surface area contributed by atoms with E-state index in [0.717, 1.165) is 11.5 Å². The van der Waals surface area contributed by atoms with E-state index >= 15 is 0 Å². The van der Waals surface area contributed by atoms with E-state index in [1.54, 1.807) is 11.8 Å². The molecule has 0 radical (unpaired) electrons. The summed E-state index contributed by atoms with van der Waals surface area (Å²) in [7, 11) is 0. The fourth-order valence-electron chi connectivity index (χ4n) is 2.80. The molecule has 1 atom stereocenters. The van der Waals surface area contributed by atoms with E-state index in [1.165, 1.54) is 23.8 Å². The van der Waals surface area contributed by atoms with Crippen molar-refractivity contribution in [3.05, 3.63) is 65.5 Å². The Kier molecular flexibility index (Phi) is 5.71. The zero-order valence-electron chi connectivity index (χ0n) is 13.6. The van der Waals surface area contributed by atoms with Crippen LogP contribution in [0.25, 0.3) is 0 Å². The van der Waals surface area contributed by atoms with Gasteiger partial charge in [0.15, 0.2) is 0 Å². The van der Waals surface area contributed by atoms with Crippen LogP contribution in [0.15, 0.2) is 48.5 Å². The number of anilines is 1. The Morgan fingerprint density at radius 2 is 2.04 bits per heavy atom. The van der Waals surface area contributed by atoms with Crippen LogP contribution in [0.4, 0.5) is 10.1 Å². The summed E-state index contributed by atoms with van der Waals surface area (Å²) >= 11 is 1.73. The first kappa shape index (κ1) is 17.5. The Morgan fingerprint density at radius 1 is 1.24 bits per heavy atom. The summed E-state index contributed by atoms with van der Waals surface area (Å²) in [6, 6.07) is 14.2. The molecule has 0 fully saturated rings. The van der Waals surface area contributed by atoms with Gasteiger partial charge in [0, 0.05) is 30.2 Å².